The number of fused-ring (bicyclic) bond motifs is 1. The van der Waals surface area contributed by atoms with Crippen molar-refractivity contribution in [2.75, 3.05) is 37.4 Å². The zero-order valence-corrected chi connectivity index (χ0v) is 24.6. The number of thiazole rings is 1. The summed E-state index contributed by atoms with van der Waals surface area (Å²) in [6.45, 7) is 1.95. The predicted molar refractivity (Wildman–Crippen MR) is 167 cm³/mol. The second kappa shape index (κ2) is 14.4. The van der Waals surface area contributed by atoms with Crippen LogP contribution in [0, 0.1) is 0 Å². The molecule has 1 unspecified atom stereocenters. The highest BCUT2D eigenvalue weighted by Crippen LogP contribution is 2.36. The van der Waals surface area contributed by atoms with Crippen molar-refractivity contribution in [2.24, 2.45) is 4.99 Å². The van der Waals surface area contributed by atoms with Crippen molar-refractivity contribution in [1.29, 1.82) is 0 Å². The van der Waals surface area contributed by atoms with Crippen LogP contribution in [0.1, 0.15) is 11.3 Å². The normalized spacial score (nSPS) is 15.8. The Labute approximate surface area is 250 Å². The molecule has 3 N–H and O–H groups in total. The fourth-order valence-electron chi connectivity index (χ4n) is 4.19. The van der Waals surface area contributed by atoms with Gasteiger partial charge in [0.2, 0.25) is 5.91 Å². The molecule has 0 radical (unpaired) electrons. The third kappa shape index (κ3) is 7.84. The van der Waals surface area contributed by atoms with Crippen LogP contribution in [0.25, 0.3) is 0 Å². The van der Waals surface area contributed by atoms with Crippen LogP contribution in [-0.2, 0) is 22.7 Å². The minimum atomic E-state index is -0.462. The number of amides is 1. The van der Waals surface area contributed by atoms with E-state index in [4.69, 9.17) is 31.2 Å². The summed E-state index contributed by atoms with van der Waals surface area (Å²) >= 11 is 8.05. The van der Waals surface area contributed by atoms with Crippen LogP contribution in [-0.4, -0.2) is 64.3 Å². The summed E-state index contributed by atoms with van der Waals surface area (Å²) in [6.07, 6.45) is 3.84. The number of ether oxygens (including phenoxy) is 2. The van der Waals surface area contributed by atoms with E-state index in [2.05, 4.69) is 38.1 Å². The molecule has 1 aromatic heterocycles. The molecule has 5 rings (SSSR count). The monoisotopic (exact) mass is 611 g/mol. The molecule has 2 aromatic carbocycles. The lowest BCUT2D eigenvalue weighted by Gasteiger charge is -2.28. The molecule has 2 aliphatic heterocycles. The van der Waals surface area contributed by atoms with E-state index in [-0.39, 0.29) is 19.1 Å². The van der Waals surface area contributed by atoms with Crippen LogP contribution in [0.3, 0.4) is 0 Å². The van der Waals surface area contributed by atoms with E-state index >= 15 is 0 Å². The van der Waals surface area contributed by atoms with Crippen molar-refractivity contribution in [3.63, 3.8) is 0 Å². The number of hydrogen-bond acceptors (Lipinski definition) is 9. The first kappa shape index (κ1) is 29.0. The number of anilines is 1. The van der Waals surface area contributed by atoms with Gasteiger partial charge in [0.1, 0.15) is 18.2 Å². The number of hydrogen-bond donors (Lipinski definition) is 3. The maximum atomic E-state index is 12.8. The minimum absolute atomic E-state index is 0.0395. The molecule has 0 spiro atoms. The van der Waals surface area contributed by atoms with Crippen molar-refractivity contribution in [1.82, 2.24) is 15.2 Å². The first-order valence-corrected chi connectivity index (χ1v) is 15.7. The molecule has 1 amide bonds. The number of aromatic nitrogens is 1. The number of benzene rings is 2. The molecule has 0 fully saturated rings. The SMILES string of the molecule is O=C(CS1=C2C(=C(Nc3ccc(OCc4cscn4)c(Cl)c3)N=CN2Cc2ccccc2)C=C1)NCCOCCO. The molecule has 0 bridgehead atoms. The lowest BCUT2D eigenvalue weighted by atomic mass is 10.1. The highest BCUT2D eigenvalue weighted by Gasteiger charge is 2.27. The molecule has 2 aliphatic rings. The van der Waals surface area contributed by atoms with Crippen molar-refractivity contribution in [3.05, 3.63) is 98.6 Å². The van der Waals surface area contributed by atoms with Gasteiger partial charge in [0.15, 0.2) is 0 Å². The summed E-state index contributed by atoms with van der Waals surface area (Å²) in [5, 5.41) is 19.6. The van der Waals surface area contributed by atoms with Crippen molar-refractivity contribution in [3.8, 4) is 5.75 Å². The standard InChI is InChI=1S/C29H30ClN5O4S2/c30-25-14-22(6-7-26(25)39-16-23-17-40-20-33-23)34-28-24-8-13-41(18-27(37)31-9-11-38-12-10-36)29(24)35(19-32-28)15-21-4-2-1-3-5-21/h1-8,13-14,17,19-20,34,36H,9-12,15-16,18H2,(H,31,37). The molecule has 12 heteroatoms. The third-order valence-corrected chi connectivity index (χ3v) is 8.98. The molecule has 3 heterocycles. The predicted octanol–water partition coefficient (Wildman–Crippen LogP) is 4.59. The van der Waals surface area contributed by atoms with Crippen LogP contribution in [0.15, 0.2) is 87.3 Å². The van der Waals surface area contributed by atoms with Crippen LogP contribution in [0.5, 0.6) is 5.75 Å². The maximum absolute atomic E-state index is 12.8. The Bertz CT molecular complexity index is 1480. The van der Waals surface area contributed by atoms with Crippen molar-refractivity contribution >= 4 is 56.3 Å². The zero-order valence-electron chi connectivity index (χ0n) is 22.2. The topological polar surface area (TPSA) is 108 Å². The molecular formula is C29H30ClN5O4S2. The van der Waals surface area contributed by atoms with Crippen LogP contribution >= 0.6 is 33.4 Å². The Kier molecular flexibility index (Phi) is 10.2. The molecule has 41 heavy (non-hydrogen) atoms. The number of nitrogens with zero attached hydrogens (tertiary/aromatic N) is 3. The first-order valence-electron chi connectivity index (χ1n) is 13.0. The number of aliphatic hydroxyl groups excluding tert-OH is 1. The summed E-state index contributed by atoms with van der Waals surface area (Å²) in [5.41, 5.74) is 5.47. The fourth-order valence-corrected chi connectivity index (χ4v) is 6.87. The number of carbonyl (C=O) groups is 1. The van der Waals surface area contributed by atoms with Gasteiger partial charge in [0, 0.05) is 29.7 Å². The van der Waals surface area contributed by atoms with Gasteiger partial charge in [-0.25, -0.2) is 9.98 Å². The van der Waals surface area contributed by atoms with Crippen LogP contribution in [0.2, 0.25) is 5.02 Å². The maximum Gasteiger partial charge on any atom is 0.230 e. The Hall–Kier alpha value is -3.48. The highest BCUT2D eigenvalue weighted by atomic mass is 35.5. The van der Waals surface area contributed by atoms with E-state index in [0.29, 0.717) is 48.6 Å². The van der Waals surface area contributed by atoms with E-state index < -0.39 is 10.5 Å². The Morgan fingerprint density at radius 3 is 2.83 bits per heavy atom. The van der Waals surface area contributed by atoms with E-state index in [1.165, 1.54) is 11.3 Å². The summed E-state index contributed by atoms with van der Waals surface area (Å²) in [7, 11) is -0.462. The number of halogens is 1. The smallest absolute Gasteiger partial charge is 0.230 e. The van der Waals surface area contributed by atoms with E-state index in [1.54, 1.807) is 5.51 Å². The van der Waals surface area contributed by atoms with Gasteiger partial charge in [-0.1, -0.05) is 41.9 Å². The third-order valence-electron chi connectivity index (χ3n) is 6.06. The number of nitrogens with one attached hydrogen (secondary N) is 2. The minimum Gasteiger partial charge on any atom is -0.486 e. The van der Waals surface area contributed by atoms with Gasteiger partial charge in [-0.3, -0.25) is 4.79 Å². The van der Waals surface area contributed by atoms with Gasteiger partial charge in [-0.05, 0) is 35.2 Å². The summed E-state index contributed by atoms with van der Waals surface area (Å²) in [6, 6.07) is 15.7. The van der Waals surface area contributed by atoms with Crippen LogP contribution in [0.4, 0.5) is 5.69 Å². The zero-order chi connectivity index (χ0) is 28.4. The molecule has 9 nitrogen and oxygen atoms in total. The highest BCUT2D eigenvalue weighted by molar-refractivity contribution is 8.19. The molecule has 0 aliphatic carbocycles. The van der Waals surface area contributed by atoms with Crippen molar-refractivity contribution < 1.29 is 19.4 Å². The number of rotatable bonds is 14. The van der Waals surface area contributed by atoms with Gasteiger partial charge in [0.25, 0.3) is 0 Å². The first-order chi connectivity index (χ1) is 20.1. The molecule has 0 saturated heterocycles. The largest absolute Gasteiger partial charge is 0.486 e. The quantitative estimate of drug-likeness (QED) is 0.181. The van der Waals surface area contributed by atoms with Crippen molar-refractivity contribution in [2.45, 2.75) is 13.2 Å². The lowest BCUT2D eigenvalue weighted by molar-refractivity contribution is -0.118. The van der Waals surface area contributed by atoms with Gasteiger partial charge in [-0.15, -0.1) is 21.8 Å². The number of aliphatic imine (C=N–C) groups is 1. The van der Waals surface area contributed by atoms with E-state index in [0.717, 1.165) is 27.5 Å². The van der Waals surface area contributed by atoms with Crippen LogP contribution < -0.4 is 15.4 Å². The van der Waals surface area contributed by atoms with Gasteiger partial charge < -0.3 is 30.1 Å². The average Bonchev–Trinajstić information content (AvgIpc) is 3.65. The summed E-state index contributed by atoms with van der Waals surface area (Å²) in [4.78, 5) is 24.9. The van der Waals surface area contributed by atoms with E-state index in [1.807, 2.05) is 54.2 Å². The Balaban J connectivity index is 1.33. The van der Waals surface area contributed by atoms with Gasteiger partial charge in [0.05, 0.1) is 53.1 Å². The number of carbonyl (C=O) groups excluding carboxylic acids is 1. The molecule has 3 aromatic rings. The second-order valence-corrected chi connectivity index (χ2v) is 12.0. The summed E-state index contributed by atoms with van der Waals surface area (Å²) in [5.74, 6) is 1.52. The van der Waals surface area contributed by atoms with Gasteiger partial charge >= 0.3 is 0 Å². The Morgan fingerprint density at radius 2 is 2.05 bits per heavy atom. The molecular weight excluding hydrogens is 582 g/mol. The molecule has 214 valence electrons. The number of aliphatic hydroxyl groups is 1. The lowest BCUT2D eigenvalue weighted by Crippen LogP contribution is -2.35. The average molecular weight is 612 g/mol. The molecule has 1 atom stereocenters. The fraction of sp³-hybridized carbons (Fsp3) is 0.241. The molecule has 0 saturated carbocycles. The second-order valence-electron chi connectivity index (χ2n) is 9.03. The van der Waals surface area contributed by atoms with Gasteiger partial charge in [-0.2, -0.15) is 0 Å². The Morgan fingerprint density at radius 1 is 1.17 bits per heavy atom. The van der Waals surface area contributed by atoms with E-state index in [9.17, 15) is 4.79 Å². The summed E-state index contributed by atoms with van der Waals surface area (Å²) < 4.78 is 11.1.